The van der Waals surface area contributed by atoms with Crippen molar-refractivity contribution >= 4 is 11.6 Å². The standard InChI is InChI=1S/C12H9ClFNO/c13-10-5-6-15-12(7-10)16-8-9-3-1-2-4-11(9)14/h1-7H,8H2. The van der Waals surface area contributed by atoms with Crippen LogP contribution < -0.4 is 4.74 Å². The van der Waals surface area contributed by atoms with Gasteiger partial charge in [0.15, 0.2) is 0 Å². The SMILES string of the molecule is Fc1ccccc1COc1cc(Cl)ccn1. The van der Waals surface area contributed by atoms with Gasteiger partial charge >= 0.3 is 0 Å². The van der Waals surface area contributed by atoms with E-state index in [0.29, 0.717) is 16.5 Å². The molecule has 0 saturated carbocycles. The van der Waals surface area contributed by atoms with E-state index in [1.54, 1.807) is 36.5 Å². The highest BCUT2D eigenvalue weighted by molar-refractivity contribution is 6.30. The first-order valence-electron chi connectivity index (χ1n) is 4.73. The Morgan fingerprint density at radius 1 is 1.25 bits per heavy atom. The number of hydrogen-bond donors (Lipinski definition) is 0. The summed E-state index contributed by atoms with van der Waals surface area (Å²) in [5.74, 6) is 0.0975. The normalized spacial score (nSPS) is 10.1. The van der Waals surface area contributed by atoms with Crippen molar-refractivity contribution < 1.29 is 9.13 Å². The van der Waals surface area contributed by atoms with Crippen molar-refractivity contribution in [2.45, 2.75) is 6.61 Å². The Bertz CT molecular complexity index is 490. The fourth-order valence-corrected chi connectivity index (χ4v) is 1.38. The smallest absolute Gasteiger partial charge is 0.215 e. The zero-order chi connectivity index (χ0) is 11.4. The van der Waals surface area contributed by atoms with Gasteiger partial charge in [0.05, 0.1) is 0 Å². The first-order valence-corrected chi connectivity index (χ1v) is 5.11. The van der Waals surface area contributed by atoms with Crippen molar-refractivity contribution in [1.82, 2.24) is 4.98 Å². The number of halogens is 2. The predicted octanol–water partition coefficient (Wildman–Crippen LogP) is 3.45. The fourth-order valence-electron chi connectivity index (χ4n) is 1.23. The summed E-state index contributed by atoms with van der Waals surface area (Å²) >= 11 is 5.76. The third kappa shape index (κ3) is 2.70. The van der Waals surface area contributed by atoms with Gasteiger partial charge < -0.3 is 4.74 Å². The van der Waals surface area contributed by atoms with Crippen LogP contribution in [0.4, 0.5) is 4.39 Å². The Morgan fingerprint density at radius 3 is 2.81 bits per heavy atom. The van der Waals surface area contributed by atoms with Gasteiger partial charge in [0.2, 0.25) is 5.88 Å². The molecule has 1 aromatic carbocycles. The Labute approximate surface area is 97.7 Å². The molecule has 0 fully saturated rings. The van der Waals surface area contributed by atoms with Gasteiger partial charge in [0.1, 0.15) is 12.4 Å². The number of aromatic nitrogens is 1. The van der Waals surface area contributed by atoms with Crippen molar-refractivity contribution in [3.63, 3.8) is 0 Å². The molecular weight excluding hydrogens is 229 g/mol. The van der Waals surface area contributed by atoms with Crippen LogP contribution in [0.1, 0.15) is 5.56 Å². The van der Waals surface area contributed by atoms with E-state index >= 15 is 0 Å². The molecule has 2 nitrogen and oxygen atoms in total. The number of nitrogens with zero attached hydrogens (tertiary/aromatic N) is 1. The third-order valence-electron chi connectivity index (χ3n) is 2.03. The van der Waals surface area contributed by atoms with E-state index in [-0.39, 0.29) is 12.4 Å². The van der Waals surface area contributed by atoms with Crippen LogP contribution in [0.25, 0.3) is 0 Å². The van der Waals surface area contributed by atoms with Gasteiger partial charge in [-0.3, -0.25) is 0 Å². The first-order chi connectivity index (χ1) is 7.75. The minimum atomic E-state index is -0.287. The quantitative estimate of drug-likeness (QED) is 0.816. The van der Waals surface area contributed by atoms with E-state index < -0.39 is 0 Å². The molecule has 0 spiro atoms. The number of pyridine rings is 1. The minimum Gasteiger partial charge on any atom is -0.473 e. The molecule has 0 saturated heterocycles. The highest BCUT2D eigenvalue weighted by Gasteiger charge is 2.02. The van der Waals surface area contributed by atoms with Crippen LogP contribution >= 0.6 is 11.6 Å². The largest absolute Gasteiger partial charge is 0.473 e. The van der Waals surface area contributed by atoms with Crippen LogP contribution in [0, 0.1) is 5.82 Å². The molecule has 0 bridgehead atoms. The number of rotatable bonds is 3. The van der Waals surface area contributed by atoms with Crippen molar-refractivity contribution in [3.8, 4) is 5.88 Å². The molecule has 2 aromatic rings. The second-order valence-corrected chi connectivity index (χ2v) is 3.63. The summed E-state index contributed by atoms with van der Waals surface area (Å²) in [5, 5.41) is 0.540. The Kier molecular flexibility index (Phi) is 3.37. The van der Waals surface area contributed by atoms with Crippen LogP contribution in [-0.2, 0) is 6.61 Å². The number of hydrogen-bond acceptors (Lipinski definition) is 2. The van der Waals surface area contributed by atoms with E-state index in [2.05, 4.69) is 4.98 Å². The summed E-state index contributed by atoms with van der Waals surface area (Å²) < 4.78 is 18.6. The van der Waals surface area contributed by atoms with Crippen LogP contribution in [0.3, 0.4) is 0 Å². The Balaban J connectivity index is 2.05. The molecule has 0 N–H and O–H groups in total. The molecule has 0 aliphatic carbocycles. The number of benzene rings is 1. The zero-order valence-corrected chi connectivity index (χ0v) is 9.12. The van der Waals surface area contributed by atoms with Crippen molar-refractivity contribution in [1.29, 1.82) is 0 Å². The Hall–Kier alpha value is -1.61. The average molecular weight is 238 g/mol. The van der Waals surface area contributed by atoms with Crippen molar-refractivity contribution in [3.05, 3.63) is 59.0 Å². The molecule has 82 valence electrons. The van der Waals surface area contributed by atoms with Crippen LogP contribution in [0.2, 0.25) is 5.02 Å². The highest BCUT2D eigenvalue weighted by Crippen LogP contribution is 2.16. The predicted molar refractivity (Wildman–Crippen MR) is 60.0 cm³/mol. The van der Waals surface area contributed by atoms with E-state index in [4.69, 9.17) is 16.3 Å². The summed E-state index contributed by atoms with van der Waals surface area (Å²) in [6, 6.07) is 9.69. The minimum absolute atomic E-state index is 0.139. The van der Waals surface area contributed by atoms with E-state index in [1.807, 2.05) is 0 Å². The lowest BCUT2D eigenvalue weighted by Crippen LogP contribution is -1.99. The van der Waals surface area contributed by atoms with Crippen LogP contribution in [0.5, 0.6) is 5.88 Å². The van der Waals surface area contributed by atoms with Gasteiger partial charge in [-0.1, -0.05) is 29.8 Å². The second kappa shape index (κ2) is 4.94. The lowest BCUT2D eigenvalue weighted by atomic mass is 10.2. The summed E-state index contributed by atoms with van der Waals surface area (Å²) in [7, 11) is 0. The van der Waals surface area contributed by atoms with Crippen LogP contribution in [0.15, 0.2) is 42.6 Å². The monoisotopic (exact) mass is 237 g/mol. The maximum atomic E-state index is 13.2. The maximum Gasteiger partial charge on any atom is 0.215 e. The van der Waals surface area contributed by atoms with Gasteiger partial charge in [-0.25, -0.2) is 9.37 Å². The van der Waals surface area contributed by atoms with Gasteiger partial charge in [-0.05, 0) is 12.1 Å². The molecule has 0 atom stereocenters. The lowest BCUT2D eigenvalue weighted by Gasteiger charge is -2.05. The molecule has 0 unspecified atom stereocenters. The molecule has 1 heterocycles. The molecule has 4 heteroatoms. The van der Waals surface area contributed by atoms with Gasteiger partial charge in [-0.2, -0.15) is 0 Å². The first kappa shape index (κ1) is 10.9. The molecule has 0 aliphatic rings. The van der Waals surface area contributed by atoms with Gasteiger partial charge in [0, 0.05) is 22.8 Å². The topological polar surface area (TPSA) is 22.1 Å². The third-order valence-corrected chi connectivity index (χ3v) is 2.27. The van der Waals surface area contributed by atoms with Gasteiger partial charge in [0.25, 0.3) is 0 Å². The van der Waals surface area contributed by atoms with Crippen LogP contribution in [-0.4, -0.2) is 4.98 Å². The Morgan fingerprint density at radius 2 is 2.06 bits per heavy atom. The molecule has 1 aromatic heterocycles. The molecule has 0 radical (unpaired) electrons. The summed E-state index contributed by atoms with van der Waals surface area (Å²) in [6.45, 7) is 0.139. The van der Waals surface area contributed by atoms with Gasteiger partial charge in [-0.15, -0.1) is 0 Å². The highest BCUT2D eigenvalue weighted by atomic mass is 35.5. The molecule has 16 heavy (non-hydrogen) atoms. The average Bonchev–Trinajstić information content (AvgIpc) is 2.28. The maximum absolute atomic E-state index is 13.2. The second-order valence-electron chi connectivity index (χ2n) is 3.19. The summed E-state index contributed by atoms with van der Waals surface area (Å²) in [5.41, 5.74) is 0.490. The van der Waals surface area contributed by atoms with E-state index in [1.165, 1.54) is 6.07 Å². The molecular formula is C12H9ClFNO. The number of ether oxygens (including phenoxy) is 1. The van der Waals surface area contributed by atoms with Crippen molar-refractivity contribution in [2.75, 3.05) is 0 Å². The van der Waals surface area contributed by atoms with E-state index in [9.17, 15) is 4.39 Å². The van der Waals surface area contributed by atoms with E-state index in [0.717, 1.165) is 0 Å². The summed E-state index contributed by atoms with van der Waals surface area (Å²) in [4.78, 5) is 3.96. The van der Waals surface area contributed by atoms with Crippen molar-refractivity contribution in [2.24, 2.45) is 0 Å². The molecule has 0 amide bonds. The molecule has 2 rings (SSSR count). The summed E-state index contributed by atoms with van der Waals surface area (Å²) in [6.07, 6.45) is 1.54. The lowest BCUT2D eigenvalue weighted by molar-refractivity contribution is 0.288. The zero-order valence-electron chi connectivity index (χ0n) is 8.36. The molecule has 0 aliphatic heterocycles. The fraction of sp³-hybridized carbons (Fsp3) is 0.0833.